The first-order valence-electron chi connectivity index (χ1n) is 11.7. The smallest absolute Gasteiger partial charge is 0.255 e. The summed E-state index contributed by atoms with van der Waals surface area (Å²) >= 11 is 7.93. The van der Waals surface area contributed by atoms with Crippen molar-refractivity contribution in [1.82, 2.24) is 4.98 Å². The van der Waals surface area contributed by atoms with Gasteiger partial charge in [0.1, 0.15) is 16.5 Å². The monoisotopic (exact) mass is 530 g/mol. The maximum atomic E-state index is 12.9. The van der Waals surface area contributed by atoms with Gasteiger partial charge in [-0.3, -0.25) is 9.59 Å². The lowest BCUT2D eigenvalue weighted by Gasteiger charge is -2.16. The Morgan fingerprint density at radius 1 is 1.11 bits per heavy atom. The van der Waals surface area contributed by atoms with Crippen molar-refractivity contribution in [3.05, 3.63) is 76.8 Å². The number of rotatable bonds is 7. The molecule has 2 N–H and O–H groups in total. The number of fused-ring (bicyclic) bond motifs is 1. The average molecular weight is 531 g/mol. The molecule has 37 heavy (non-hydrogen) atoms. The Morgan fingerprint density at radius 2 is 1.89 bits per heavy atom. The van der Waals surface area contributed by atoms with Crippen LogP contribution in [-0.2, 0) is 10.2 Å². The lowest BCUT2D eigenvalue weighted by atomic mass is 9.85. The van der Waals surface area contributed by atoms with Gasteiger partial charge < -0.3 is 15.4 Å². The summed E-state index contributed by atoms with van der Waals surface area (Å²) in [4.78, 5) is 29.4. The lowest BCUT2D eigenvalue weighted by molar-refractivity contribution is -0.117. The van der Waals surface area contributed by atoms with E-state index < -0.39 is 5.41 Å². The first kappa shape index (κ1) is 24.8. The quantitative estimate of drug-likeness (QED) is 0.264. The number of aromatic nitrogens is 1. The number of anilines is 2. The van der Waals surface area contributed by atoms with Gasteiger partial charge >= 0.3 is 0 Å². The molecular weight excluding hydrogens is 508 g/mol. The van der Waals surface area contributed by atoms with E-state index in [1.165, 1.54) is 11.3 Å². The molecule has 2 amide bonds. The Labute approximate surface area is 223 Å². The maximum absolute atomic E-state index is 12.9. The number of thiazole rings is 1. The highest BCUT2D eigenvalue weighted by Gasteiger charge is 2.30. The van der Waals surface area contributed by atoms with Crippen LogP contribution in [-0.4, -0.2) is 16.8 Å². The second-order valence-electron chi connectivity index (χ2n) is 9.41. The Hall–Kier alpha value is -3.93. The highest BCUT2D eigenvalue weighted by molar-refractivity contribution is 7.23. The molecule has 3 aromatic carbocycles. The normalized spacial score (nSPS) is 13.1. The van der Waals surface area contributed by atoms with Crippen LogP contribution >= 0.6 is 22.9 Å². The summed E-state index contributed by atoms with van der Waals surface area (Å²) in [6, 6.07) is 19.8. The molecule has 0 saturated heterocycles. The third-order valence-corrected chi connectivity index (χ3v) is 7.58. The van der Waals surface area contributed by atoms with E-state index in [0.29, 0.717) is 38.4 Å². The van der Waals surface area contributed by atoms with Crippen LogP contribution in [0.15, 0.2) is 60.7 Å². The van der Waals surface area contributed by atoms with Gasteiger partial charge in [-0.15, -0.1) is 0 Å². The summed E-state index contributed by atoms with van der Waals surface area (Å²) in [5.74, 6) is 0.712. The van der Waals surface area contributed by atoms with Crippen LogP contribution in [0.4, 0.5) is 10.8 Å². The van der Waals surface area contributed by atoms with Gasteiger partial charge in [0.15, 0.2) is 5.13 Å². The van der Waals surface area contributed by atoms with Crippen LogP contribution < -0.4 is 15.4 Å². The summed E-state index contributed by atoms with van der Waals surface area (Å²) in [6.07, 6.45) is 1.83. The van der Waals surface area contributed by atoms with E-state index >= 15 is 0 Å². The molecule has 0 spiro atoms. The fourth-order valence-corrected chi connectivity index (χ4v) is 4.92. The second-order valence-corrected chi connectivity index (χ2v) is 10.8. The highest BCUT2D eigenvalue weighted by atomic mass is 35.5. The maximum Gasteiger partial charge on any atom is 0.255 e. The molecule has 1 fully saturated rings. The summed E-state index contributed by atoms with van der Waals surface area (Å²) in [6.45, 7) is 3.62. The van der Waals surface area contributed by atoms with Gasteiger partial charge in [0.05, 0.1) is 21.7 Å². The first-order chi connectivity index (χ1) is 17.7. The molecular formula is C28H23ClN4O3S. The predicted octanol–water partition coefficient (Wildman–Crippen LogP) is 7.14. The number of nitriles is 1. The Kier molecular flexibility index (Phi) is 6.59. The number of amides is 2. The molecule has 0 bridgehead atoms. The summed E-state index contributed by atoms with van der Waals surface area (Å²) in [5.41, 5.74) is 1.74. The zero-order valence-electron chi connectivity index (χ0n) is 20.2. The van der Waals surface area contributed by atoms with E-state index in [4.69, 9.17) is 16.3 Å². The third kappa shape index (κ3) is 5.43. The molecule has 1 aliphatic carbocycles. The molecule has 186 valence electrons. The molecule has 0 radical (unpaired) electrons. The fraction of sp³-hybridized carbons (Fsp3) is 0.214. The van der Waals surface area contributed by atoms with Gasteiger partial charge in [0, 0.05) is 23.2 Å². The van der Waals surface area contributed by atoms with Crippen molar-refractivity contribution in [2.45, 2.75) is 32.1 Å². The van der Waals surface area contributed by atoms with E-state index in [-0.39, 0.29) is 17.7 Å². The summed E-state index contributed by atoms with van der Waals surface area (Å²) < 4.78 is 6.75. The molecule has 0 atom stereocenters. The van der Waals surface area contributed by atoms with Gasteiger partial charge in [-0.05, 0) is 68.7 Å². The number of hydrogen-bond acceptors (Lipinski definition) is 6. The largest absolute Gasteiger partial charge is 0.456 e. The number of halogens is 1. The van der Waals surface area contributed by atoms with Crippen molar-refractivity contribution in [3.63, 3.8) is 0 Å². The number of ether oxygens (including phenoxy) is 1. The second kappa shape index (κ2) is 9.85. The fourth-order valence-electron chi connectivity index (χ4n) is 3.71. The van der Waals surface area contributed by atoms with Crippen LogP contribution in [0.1, 0.15) is 42.6 Å². The van der Waals surface area contributed by atoms with E-state index in [2.05, 4.69) is 21.7 Å². The van der Waals surface area contributed by atoms with E-state index in [1.54, 1.807) is 54.6 Å². The Morgan fingerprint density at radius 3 is 2.65 bits per heavy atom. The van der Waals surface area contributed by atoms with E-state index in [9.17, 15) is 14.9 Å². The molecule has 5 rings (SSSR count). The van der Waals surface area contributed by atoms with Crippen LogP contribution in [0.3, 0.4) is 0 Å². The van der Waals surface area contributed by atoms with Crippen molar-refractivity contribution in [2.24, 2.45) is 5.92 Å². The average Bonchev–Trinajstić information content (AvgIpc) is 3.67. The minimum absolute atomic E-state index is 0.00832. The molecule has 0 aliphatic heterocycles. The minimum Gasteiger partial charge on any atom is -0.456 e. The number of hydrogen-bond donors (Lipinski definition) is 2. The van der Waals surface area contributed by atoms with Crippen molar-refractivity contribution >= 4 is 55.8 Å². The molecule has 9 heteroatoms. The van der Waals surface area contributed by atoms with Crippen molar-refractivity contribution < 1.29 is 14.3 Å². The number of carbonyl (C=O) groups is 2. The molecule has 4 aromatic rings. The molecule has 1 heterocycles. The first-order valence-corrected chi connectivity index (χ1v) is 12.9. The van der Waals surface area contributed by atoms with E-state index in [1.807, 2.05) is 19.9 Å². The number of nitrogens with one attached hydrogen (secondary N) is 2. The number of nitrogens with zero attached hydrogens (tertiary/aromatic N) is 2. The molecule has 1 saturated carbocycles. The van der Waals surface area contributed by atoms with E-state index in [0.717, 1.165) is 23.1 Å². The zero-order valence-corrected chi connectivity index (χ0v) is 21.7. The number of benzene rings is 3. The van der Waals surface area contributed by atoms with Crippen LogP contribution in [0, 0.1) is 17.2 Å². The van der Waals surface area contributed by atoms with Gasteiger partial charge in [-0.1, -0.05) is 41.1 Å². The lowest BCUT2D eigenvalue weighted by Crippen LogP contribution is -2.17. The minimum atomic E-state index is -0.702. The highest BCUT2D eigenvalue weighted by Crippen LogP contribution is 2.40. The Bertz CT molecular complexity index is 1570. The van der Waals surface area contributed by atoms with Crippen molar-refractivity contribution in [2.75, 3.05) is 10.6 Å². The molecule has 1 aliphatic rings. The predicted molar refractivity (Wildman–Crippen MR) is 146 cm³/mol. The topological polar surface area (TPSA) is 104 Å². The van der Waals surface area contributed by atoms with Gasteiger partial charge in [-0.25, -0.2) is 4.98 Å². The molecule has 1 aromatic heterocycles. The summed E-state index contributed by atoms with van der Waals surface area (Å²) in [5, 5.41) is 16.0. The molecule has 7 nitrogen and oxygen atoms in total. The molecule has 0 unspecified atom stereocenters. The zero-order chi connectivity index (χ0) is 26.2. The third-order valence-electron chi connectivity index (χ3n) is 6.09. The van der Waals surface area contributed by atoms with Crippen LogP contribution in [0.25, 0.3) is 10.2 Å². The van der Waals surface area contributed by atoms with Crippen LogP contribution in [0.5, 0.6) is 11.5 Å². The van der Waals surface area contributed by atoms with Crippen molar-refractivity contribution in [1.29, 1.82) is 5.26 Å². The van der Waals surface area contributed by atoms with Crippen LogP contribution in [0.2, 0.25) is 5.02 Å². The van der Waals surface area contributed by atoms with Gasteiger partial charge in [-0.2, -0.15) is 5.26 Å². The summed E-state index contributed by atoms with van der Waals surface area (Å²) in [7, 11) is 0. The number of carbonyl (C=O) groups excluding carboxylic acids is 2. The van der Waals surface area contributed by atoms with Crippen molar-refractivity contribution in [3.8, 4) is 17.6 Å². The van der Waals surface area contributed by atoms with Gasteiger partial charge in [0.2, 0.25) is 5.91 Å². The standard InChI is InChI=1S/C28H23ClN4O3S/c1-28(2,15-30)18-6-3-5-17(13-18)26(35)31-19-7-4-8-20(14-19)36-22-12-11-21-24(23(22)29)37-27(32-21)33-25(34)16-9-10-16/h3-8,11-14,16H,9-10H2,1-2H3,(H,31,35)(H,32,33,34). The van der Waals surface area contributed by atoms with Gasteiger partial charge in [0.25, 0.3) is 5.91 Å². The Balaban J connectivity index is 1.32. The SMILES string of the molecule is CC(C)(C#N)c1cccc(C(=O)Nc2cccc(Oc3ccc4nc(NC(=O)C5CC5)sc4c3Cl)c2)c1.